The molecule has 1 saturated heterocycles. The topological polar surface area (TPSA) is 84.6 Å². The minimum absolute atomic E-state index is 0.0756. The van der Waals surface area contributed by atoms with Crippen LogP contribution in [0, 0.1) is 6.92 Å². The molecule has 184 valence electrons. The van der Waals surface area contributed by atoms with Crippen LogP contribution in [0.5, 0.6) is 0 Å². The Morgan fingerprint density at radius 3 is 2.28 bits per heavy atom. The van der Waals surface area contributed by atoms with E-state index >= 15 is 0 Å². The summed E-state index contributed by atoms with van der Waals surface area (Å²) in [7, 11) is 0. The van der Waals surface area contributed by atoms with Crippen molar-refractivity contribution in [3.05, 3.63) is 90.0 Å². The highest BCUT2D eigenvalue weighted by atomic mass is 16.5. The van der Waals surface area contributed by atoms with Crippen molar-refractivity contribution in [3.8, 4) is 11.3 Å². The molecule has 2 heterocycles. The summed E-state index contributed by atoms with van der Waals surface area (Å²) in [5.41, 5.74) is 10.4. The summed E-state index contributed by atoms with van der Waals surface area (Å²) >= 11 is 0. The molecule has 1 aliphatic heterocycles. The number of aromatic nitrogens is 2. The number of rotatable bonds is 7. The van der Waals surface area contributed by atoms with Gasteiger partial charge in [0.25, 0.3) is 0 Å². The summed E-state index contributed by atoms with van der Waals surface area (Å²) in [5.74, 6) is 0.775. The van der Waals surface area contributed by atoms with Crippen molar-refractivity contribution in [3.63, 3.8) is 0 Å². The van der Waals surface area contributed by atoms with Crippen molar-refractivity contribution in [1.29, 1.82) is 0 Å². The number of nitrogens with zero attached hydrogens (tertiary/aromatic N) is 4. The first kappa shape index (κ1) is 23.9. The summed E-state index contributed by atoms with van der Waals surface area (Å²) < 4.78 is 5.69. The van der Waals surface area contributed by atoms with E-state index < -0.39 is 6.04 Å². The van der Waals surface area contributed by atoms with Gasteiger partial charge in [0.05, 0.1) is 13.2 Å². The third kappa shape index (κ3) is 5.22. The van der Waals surface area contributed by atoms with E-state index in [2.05, 4.69) is 58.4 Å². The molecule has 1 amide bonds. The molecule has 1 atom stereocenters. The molecule has 1 unspecified atom stereocenters. The van der Waals surface area contributed by atoms with E-state index in [-0.39, 0.29) is 12.5 Å². The van der Waals surface area contributed by atoms with Gasteiger partial charge in [0.2, 0.25) is 5.91 Å². The molecule has 1 fully saturated rings. The molecule has 0 bridgehead atoms. The molecule has 1 aromatic heterocycles. The smallest absolute Gasteiger partial charge is 0.241 e. The van der Waals surface area contributed by atoms with Crippen molar-refractivity contribution < 1.29 is 9.53 Å². The van der Waals surface area contributed by atoms with E-state index in [1.807, 2.05) is 47.4 Å². The van der Waals surface area contributed by atoms with Crippen LogP contribution in [0.2, 0.25) is 0 Å². The summed E-state index contributed by atoms with van der Waals surface area (Å²) in [6.07, 6.45) is 0. The molecule has 3 aromatic carbocycles. The number of piperazine rings is 1. The summed E-state index contributed by atoms with van der Waals surface area (Å²) in [5, 5.41) is 11.4. The van der Waals surface area contributed by atoms with Gasteiger partial charge in [-0.3, -0.25) is 4.79 Å². The number of ether oxygens (including phenoxy) is 1. The van der Waals surface area contributed by atoms with Crippen LogP contribution in [0.15, 0.2) is 78.9 Å². The van der Waals surface area contributed by atoms with Crippen LogP contribution in [0.25, 0.3) is 22.0 Å². The number of hydrogen-bond acceptors (Lipinski definition) is 6. The number of fused-ring (bicyclic) bond motifs is 1. The minimum atomic E-state index is -0.672. The van der Waals surface area contributed by atoms with Crippen LogP contribution >= 0.6 is 0 Å². The highest BCUT2D eigenvalue weighted by Gasteiger charge is 2.27. The Morgan fingerprint density at radius 2 is 1.56 bits per heavy atom. The van der Waals surface area contributed by atoms with Crippen LogP contribution in [-0.2, 0) is 16.1 Å². The predicted octanol–water partition coefficient (Wildman–Crippen LogP) is 3.80. The fraction of sp³-hybridized carbons (Fsp3) is 0.276. The zero-order chi connectivity index (χ0) is 24.9. The standard InChI is InChI=1S/C29H31N5O2/c1-21-11-13-23(14-12-21)27-24-9-5-6-10-25(24)28(32-31-27)33-15-17-34(18-16-33)29(35)26(30)20-36-19-22-7-3-2-4-8-22/h2-14,26H,15-20,30H2,1H3. The minimum Gasteiger partial charge on any atom is -0.375 e. The molecule has 0 saturated carbocycles. The number of nitrogens with two attached hydrogens (primary N) is 1. The molecule has 36 heavy (non-hydrogen) atoms. The monoisotopic (exact) mass is 481 g/mol. The molecule has 7 nitrogen and oxygen atoms in total. The van der Waals surface area contributed by atoms with Gasteiger partial charge in [0.1, 0.15) is 11.7 Å². The molecular weight excluding hydrogens is 450 g/mol. The normalized spacial score (nSPS) is 14.7. The number of carbonyl (C=O) groups excluding carboxylic acids is 1. The number of carbonyl (C=O) groups is 1. The maximum absolute atomic E-state index is 12.9. The fourth-order valence-corrected chi connectivity index (χ4v) is 4.57. The Labute approximate surface area is 211 Å². The molecule has 1 aliphatic rings. The van der Waals surface area contributed by atoms with E-state index in [1.165, 1.54) is 5.56 Å². The first-order valence-corrected chi connectivity index (χ1v) is 12.3. The van der Waals surface area contributed by atoms with E-state index in [0.717, 1.165) is 33.4 Å². The highest BCUT2D eigenvalue weighted by Crippen LogP contribution is 2.31. The molecule has 4 aromatic rings. The lowest BCUT2D eigenvalue weighted by Crippen LogP contribution is -2.54. The number of hydrogen-bond donors (Lipinski definition) is 1. The lowest BCUT2D eigenvalue weighted by Gasteiger charge is -2.36. The predicted molar refractivity (Wildman–Crippen MR) is 143 cm³/mol. The average molecular weight is 482 g/mol. The Kier molecular flexibility index (Phi) is 7.21. The second-order valence-electron chi connectivity index (χ2n) is 9.20. The van der Waals surface area contributed by atoms with Crippen LogP contribution in [0.3, 0.4) is 0 Å². The van der Waals surface area contributed by atoms with Crippen LogP contribution in [0.1, 0.15) is 11.1 Å². The maximum Gasteiger partial charge on any atom is 0.241 e. The number of anilines is 1. The lowest BCUT2D eigenvalue weighted by molar-refractivity contribution is -0.134. The summed E-state index contributed by atoms with van der Waals surface area (Å²) in [4.78, 5) is 16.9. The van der Waals surface area contributed by atoms with Gasteiger partial charge in [-0.2, -0.15) is 0 Å². The lowest BCUT2D eigenvalue weighted by atomic mass is 10.0. The fourth-order valence-electron chi connectivity index (χ4n) is 4.57. The van der Waals surface area contributed by atoms with Crippen molar-refractivity contribution >= 4 is 22.5 Å². The van der Waals surface area contributed by atoms with Crippen molar-refractivity contribution in [2.75, 3.05) is 37.7 Å². The van der Waals surface area contributed by atoms with Crippen LogP contribution in [-0.4, -0.2) is 59.8 Å². The van der Waals surface area contributed by atoms with E-state index in [4.69, 9.17) is 10.5 Å². The Morgan fingerprint density at radius 1 is 0.889 bits per heavy atom. The molecule has 5 rings (SSSR count). The first-order chi connectivity index (χ1) is 17.6. The van der Waals surface area contributed by atoms with Gasteiger partial charge in [0.15, 0.2) is 5.82 Å². The van der Waals surface area contributed by atoms with Gasteiger partial charge >= 0.3 is 0 Å². The summed E-state index contributed by atoms with van der Waals surface area (Å²) in [6.45, 7) is 5.23. The zero-order valence-corrected chi connectivity index (χ0v) is 20.5. The number of amides is 1. The highest BCUT2D eigenvalue weighted by molar-refractivity contribution is 6.00. The zero-order valence-electron chi connectivity index (χ0n) is 20.5. The van der Waals surface area contributed by atoms with Gasteiger partial charge in [0, 0.05) is 42.5 Å². The van der Waals surface area contributed by atoms with Gasteiger partial charge in [-0.15, -0.1) is 10.2 Å². The second-order valence-corrected chi connectivity index (χ2v) is 9.20. The molecule has 0 aliphatic carbocycles. The van der Waals surface area contributed by atoms with Gasteiger partial charge in [-0.25, -0.2) is 0 Å². The molecule has 0 spiro atoms. The molecule has 0 radical (unpaired) electrons. The van der Waals surface area contributed by atoms with E-state index in [0.29, 0.717) is 32.8 Å². The molecular formula is C29H31N5O2. The number of aryl methyl sites for hydroxylation is 1. The second kappa shape index (κ2) is 10.8. The van der Waals surface area contributed by atoms with E-state index in [1.54, 1.807) is 0 Å². The Balaban J connectivity index is 1.23. The number of benzene rings is 3. The van der Waals surface area contributed by atoms with Gasteiger partial charge in [-0.1, -0.05) is 84.4 Å². The molecule has 2 N–H and O–H groups in total. The van der Waals surface area contributed by atoms with Gasteiger partial charge in [-0.05, 0) is 12.5 Å². The molecule has 7 heteroatoms. The third-order valence-corrected chi connectivity index (χ3v) is 6.61. The first-order valence-electron chi connectivity index (χ1n) is 12.3. The Hall–Kier alpha value is -3.81. The van der Waals surface area contributed by atoms with E-state index in [9.17, 15) is 4.79 Å². The van der Waals surface area contributed by atoms with Crippen molar-refractivity contribution in [1.82, 2.24) is 15.1 Å². The Bertz CT molecular complexity index is 1320. The van der Waals surface area contributed by atoms with Crippen LogP contribution < -0.4 is 10.6 Å². The quantitative estimate of drug-likeness (QED) is 0.432. The van der Waals surface area contributed by atoms with Crippen molar-refractivity contribution in [2.45, 2.75) is 19.6 Å². The van der Waals surface area contributed by atoms with Crippen LogP contribution in [0.4, 0.5) is 5.82 Å². The average Bonchev–Trinajstić information content (AvgIpc) is 2.93. The largest absolute Gasteiger partial charge is 0.375 e. The maximum atomic E-state index is 12.9. The summed E-state index contributed by atoms with van der Waals surface area (Å²) in [6, 6.07) is 25.8. The van der Waals surface area contributed by atoms with Gasteiger partial charge < -0.3 is 20.3 Å². The third-order valence-electron chi connectivity index (χ3n) is 6.61. The van der Waals surface area contributed by atoms with Crippen molar-refractivity contribution in [2.24, 2.45) is 5.73 Å². The SMILES string of the molecule is Cc1ccc(-c2nnc(N3CCN(C(=O)C(N)COCc4ccccc4)CC3)c3ccccc23)cc1.